The maximum Gasteiger partial charge on any atom is 0.239 e. The molecule has 0 bridgehead atoms. The summed E-state index contributed by atoms with van der Waals surface area (Å²) >= 11 is 6.10. The lowest BCUT2D eigenvalue weighted by Gasteiger charge is -2.33. The second kappa shape index (κ2) is 6.03. The first-order valence-corrected chi connectivity index (χ1v) is 6.49. The van der Waals surface area contributed by atoms with Crippen LogP contribution in [0.25, 0.3) is 0 Å². The highest BCUT2D eigenvalue weighted by Gasteiger charge is 2.22. The molecule has 8 heteroatoms. The lowest BCUT2D eigenvalue weighted by atomic mass is 10.1. The third-order valence-corrected chi connectivity index (χ3v) is 3.32. The van der Waals surface area contributed by atoms with Crippen LogP contribution >= 0.6 is 11.6 Å². The second-order valence-corrected chi connectivity index (χ2v) is 4.88. The summed E-state index contributed by atoms with van der Waals surface area (Å²) < 4.78 is 0. The first-order chi connectivity index (χ1) is 9.10. The first kappa shape index (κ1) is 13.8. The van der Waals surface area contributed by atoms with Gasteiger partial charge in [0.2, 0.25) is 11.9 Å². The Labute approximate surface area is 116 Å². The van der Waals surface area contributed by atoms with Gasteiger partial charge in [-0.2, -0.15) is 4.98 Å². The molecular weight excluding hydrogens is 268 g/mol. The van der Waals surface area contributed by atoms with Gasteiger partial charge in [0.05, 0.1) is 6.20 Å². The Morgan fingerprint density at radius 1 is 1.53 bits per heavy atom. The molecule has 2 rings (SSSR count). The molecule has 104 valence electrons. The highest BCUT2D eigenvalue weighted by Crippen LogP contribution is 2.26. The van der Waals surface area contributed by atoms with Gasteiger partial charge in [0, 0.05) is 26.1 Å². The van der Waals surface area contributed by atoms with Crippen molar-refractivity contribution in [2.24, 2.45) is 5.84 Å². The van der Waals surface area contributed by atoms with Crippen LogP contribution in [0.1, 0.15) is 19.8 Å². The van der Waals surface area contributed by atoms with Crippen LogP contribution in [0.4, 0.5) is 11.8 Å². The zero-order valence-electron chi connectivity index (χ0n) is 10.7. The van der Waals surface area contributed by atoms with E-state index >= 15 is 0 Å². The van der Waals surface area contributed by atoms with Gasteiger partial charge in [0.1, 0.15) is 5.02 Å². The number of amides is 1. The zero-order chi connectivity index (χ0) is 13.8. The maximum absolute atomic E-state index is 11.0. The van der Waals surface area contributed by atoms with Gasteiger partial charge in [0.15, 0.2) is 5.82 Å². The van der Waals surface area contributed by atoms with Crippen LogP contribution in [0.15, 0.2) is 6.20 Å². The Morgan fingerprint density at radius 3 is 2.79 bits per heavy atom. The van der Waals surface area contributed by atoms with Crippen LogP contribution in [-0.4, -0.2) is 35.0 Å². The molecule has 0 aliphatic carbocycles. The normalized spacial score (nSPS) is 16.3. The SMILES string of the molecule is CC(=O)NC1CCN(c2nc(NN)ncc2Cl)CC1. The molecule has 0 radical (unpaired) electrons. The number of aromatic nitrogens is 2. The fourth-order valence-electron chi connectivity index (χ4n) is 2.17. The molecule has 1 amide bonds. The van der Waals surface area contributed by atoms with Crippen LogP contribution in [0, 0.1) is 0 Å². The lowest BCUT2D eigenvalue weighted by Crippen LogP contribution is -2.44. The molecule has 1 aromatic heterocycles. The molecule has 0 saturated carbocycles. The van der Waals surface area contributed by atoms with Gasteiger partial charge in [0.25, 0.3) is 0 Å². The van der Waals surface area contributed by atoms with Gasteiger partial charge in [-0.15, -0.1) is 0 Å². The van der Waals surface area contributed by atoms with E-state index in [9.17, 15) is 4.79 Å². The Kier molecular flexibility index (Phi) is 4.39. The molecule has 2 heterocycles. The minimum Gasteiger partial charge on any atom is -0.355 e. The van der Waals surface area contributed by atoms with Crippen molar-refractivity contribution in [2.45, 2.75) is 25.8 Å². The molecule has 1 aliphatic rings. The summed E-state index contributed by atoms with van der Waals surface area (Å²) in [6, 6.07) is 0.224. The third kappa shape index (κ3) is 3.45. The third-order valence-electron chi connectivity index (χ3n) is 3.06. The Balaban J connectivity index is 2.03. The average Bonchev–Trinajstić information content (AvgIpc) is 2.40. The summed E-state index contributed by atoms with van der Waals surface area (Å²) in [5.74, 6) is 6.31. The molecule has 0 unspecified atom stereocenters. The summed E-state index contributed by atoms with van der Waals surface area (Å²) in [7, 11) is 0. The molecule has 4 N–H and O–H groups in total. The number of nitrogens with zero attached hydrogens (tertiary/aromatic N) is 3. The number of hydrogen-bond acceptors (Lipinski definition) is 6. The number of carbonyl (C=O) groups excluding carboxylic acids is 1. The zero-order valence-corrected chi connectivity index (χ0v) is 11.4. The summed E-state index contributed by atoms with van der Waals surface area (Å²) in [6.45, 7) is 3.10. The molecule has 1 aliphatic heterocycles. The number of piperidine rings is 1. The number of anilines is 2. The molecule has 1 saturated heterocycles. The largest absolute Gasteiger partial charge is 0.355 e. The van der Waals surface area contributed by atoms with Gasteiger partial charge in [-0.05, 0) is 12.8 Å². The predicted octanol–water partition coefficient (Wildman–Crippen LogP) is 0.521. The minimum atomic E-state index is 0.00753. The smallest absolute Gasteiger partial charge is 0.239 e. The van der Waals surface area contributed by atoms with Crippen LogP contribution in [0.5, 0.6) is 0 Å². The molecule has 7 nitrogen and oxygen atoms in total. The molecule has 0 aromatic carbocycles. The molecule has 0 spiro atoms. The number of halogens is 1. The topological polar surface area (TPSA) is 96.2 Å². The standard InChI is InChI=1S/C11H17ClN6O/c1-7(19)15-8-2-4-18(5-3-8)10-9(12)6-14-11(16-10)17-13/h6,8H,2-5,13H2,1H3,(H,15,19)(H,14,16,17). The van der Waals surface area contributed by atoms with Crippen LogP contribution in [-0.2, 0) is 4.79 Å². The van der Waals surface area contributed by atoms with E-state index in [1.54, 1.807) is 0 Å². The highest BCUT2D eigenvalue weighted by atomic mass is 35.5. The summed E-state index contributed by atoms with van der Waals surface area (Å²) in [5.41, 5.74) is 2.40. The van der Waals surface area contributed by atoms with Gasteiger partial charge < -0.3 is 10.2 Å². The number of rotatable bonds is 3. The number of carbonyl (C=O) groups is 1. The average molecular weight is 285 g/mol. The van der Waals surface area contributed by atoms with Crippen molar-refractivity contribution in [1.29, 1.82) is 0 Å². The van der Waals surface area contributed by atoms with Crippen LogP contribution < -0.4 is 21.5 Å². The number of hydrazine groups is 1. The van der Waals surface area contributed by atoms with E-state index in [0.29, 0.717) is 16.8 Å². The summed E-state index contributed by atoms with van der Waals surface area (Å²) in [4.78, 5) is 21.3. The van der Waals surface area contributed by atoms with Crippen molar-refractivity contribution in [1.82, 2.24) is 15.3 Å². The molecule has 0 atom stereocenters. The Hall–Kier alpha value is -1.60. The van der Waals surface area contributed by atoms with Crippen molar-refractivity contribution in [2.75, 3.05) is 23.4 Å². The fourth-order valence-corrected chi connectivity index (χ4v) is 2.38. The molecule has 19 heavy (non-hydrogen) atoms. The maximum atomic E-state index is 11.0. The number of nitrogens with one attached hydrogen (secondary N) is 2. The highest BCUT2D eigenvalue weighted by molar-refractivity contribution is 6.32. The van der Waals surface area contributed by atoms with E-state index in [4.69, 9.17) is 17.4 Å². The Morgan fingerprint density at radius 2 is 2.21 bits per heavy atom. The van der Waals surface area contributed by atoms with E-state index in [1.807, 2.05) is 0 Å². The van der Waals surface area contributed by atoms with Gasteiger partial charge in [-0.25, -0.2) is 10.8 Å². The molecule has 1 aromatic rings. The fraction of sp³-hybridized carbons (Fsp3) is 0.545. The number of hydrogen-bond donors (Lipinski definition) is 3. The van der Waals surface area contributed by atoms with E-state index in [-0.39, 0.29) is 11.9 Å². The molecule has 1 fully saturated rings. The van der Waals surface area contributed by atoms with Crippen LogP contribution in [0.3, 0.4) is 0 Å². The van der Waals surface area contributed by atoms with Crippen molar-refractivity contribution >= 4 is 29.3 Å². The second-order valence-electron chi connectivity index (χ2n) is 4.47. The molecular formula is C11H17ClN6O. The van der Waals surface area contributed by atoms with Crippen molar-refractivity contribution in [3.63, 3.8) is 0 Å². The van der Waals surface area contributed by atoms with Gasteiger partial charge in [-0.1, -0.05) is 11.6 Å². The van der Waals surface area contributed by atoms with E-state index in [1.165, 1.54) is 13.1 Å². The van der Waals surface area contributed by atoms with Crippen molar-refractivity contribution in [3.05, 3.63) is 11.2 Å². The Bertz CT molecular complexity index is 460. The predicted molar refractivity (Wildman–Crippen MR) is 73.9 cm³/mol. The number of nitrogen functional groups attached to an aromatic ring is 1. The van der Waals surface area contributed by atoms with Gasteiger partial charge in [-0.3, -0.25) is 10.2 Å². The van der Waals surface area contributed by atoms with Crippen molar-refractivity contribution in [3.8, 4) is 0 Å². The first-order valence-electron chi connectivity index (χ1n) is 6.11. The summed E-state index contributed by atoms with van der Waals surface area (Å²) in [6.07, 6.45) is 3.26. The van der Waals surface area contributed by atoms with Gasteiger partial charge >= 0.3 is 0 Å². The van der Waals surface area contributed by atoms with Crippen LogP contribution in [0.2, 0.25) is 5.02 Å². The lowest BCUT2D eigenvalue weighted by molar-refractivity contribution is -0.119. The quantitative estimate of drug-likeness (QED) is 0.553. The monoisotopic (exact) mass is 284 g/mol. The van der Waals surface area contributed by atoms with E-state index in [2.05, 4.69) is 25.6 Å². The number of nitrogens with two attached hydrogens (primary N) is 1. The van der Waals surface area contributed by atoms with E-state index < -0.39 is 0 Å². The minimum absolute atomic E-state index is 0.00753. The van der Waals surface area contributed by atoms with E-state index in [0.717, 1.165) is 25.9 Å². The summed E-state index contributed by atoms with van der Waals surface area (Å²) in [5, 5.41) is 3.42. The van der Waals surface area contributed by atoms with Crippen molar-refractivity contribution < 1.29 is 4.79 Å².